The molecule has 1 aromatic rings. The summed E-state index contributed by atoms with van der Waals surface area (Å²) in [6.07, 6.45) is 2.11. The number of nitrogens with one attached hydrogen (secondary N) is 1. The van der Waals surface area contributed by atoms with Gasteiger partial charge in [-0.1, -0.05) is 27.7 Å². The lowest BCUT2D eigenvalue weighted by Crippen LogP contribution is -2.39. The summed E-state index contributed by atoms with van der Waals surface area (Å²) in [6.45, 7) is 9.15. The third-order valence-electron chi connectivity index (χ3n) is 3.43. The summed E-state index contributed by atoms with van der Waals surface area (Å²) < 4.78 is 1.19. The fourth-order valence-corrected chi connectivity index (χ4v) is 3.26. The summed E-state index contributed by atoms with van der Waals surface area (Å²) in [5.41, 5.74) is 3.29. The summed E-state index contributed by atoms with van der Waals surface area (Å²) in [5.74, 6) is 6.31. The molecule has 2 atom stereocenters. The van der Waals surface area contributed by atoms with Gasteiger partial charge in [0.05, 0.1) is 3.79 Å². The third kappa shape index (κ3) is 5.08. The molecule has 98 valence electrons. The van der Waals surface area contributed by atoms with Crippen LogP contribution in [-0.4, -0.2) is 6.04 Å². The van der Waals surface area contributed by atoms with Crippen LogP contribution in [0, 0.1) is 11.3 Å². The van der Waals surface area contributed by atoms with E-state index in [4.69, 9.17) is 5.84 Å². The van der Waals surface area contributed by atoms with E-state index in [-0.39, 0.29) is 0 Å². The minimum atomic E-state index is 0.338. The maximum absolute atomic E-state index is 5.66. The molecule has 1 heterocycles. The molecule has 0 aliphatic heterocycles. The van der Waals surface area contributed by atoms with E-state index in [0.717, 1.165) is 12.8 Å². The Bertz CT molecular complexity index is 343. The molecule has 0 aromatic carbocycles. The van der Waals surface area contributed by atoms with E-state index in [0.29, 0.717) is 17.4 Å². The van der Waals surface area contributed by atoms with Gasteiger partial charge in [-0.25, -0.2) is 0 Å². The second-order valence-electron chi connectivity index (χ2n) is 5.78. The lowest BCUT2D eigenvalue weighted by molar-refractivity contribution is 0.222. The zero-order chi connectivity index (χ0) is 13.1. The highest BCUT2D eigenvalue weighted by atomic mass is 79.9. The fraction of sp³-hybridized carbons (Fsp3) is 0.692. The van der Waals surface area contributed by atoms with Gasteiger partial charge in [-0.05, 0) is 52.2 Å². The van der Waals surface area contributed by atoms with Crippen molar-refractivity contribution in [1.82, 2.24) is 5.43 Å². The highest BCUT2D eigenvalue weighted by molar-refractivity contribution is 9.11. The molecule has 2 unspecified atom stereocenters. The van der Waals surface area contributed by atoms with Crippen molar-refractivity contribution < 1.29 is 0 Å². The molecule has 0 spiro atoms. The number of hydrazine groups is 1. The normalized spacial score (nSPS) is 15.9. The summed E-state index contributed by atoms with van der Waals surface area (Å²) in [5, 5.41) is 0. The largest absolute Gasteiger partial charge is 0.271 e. The van der Waals surface area contributed by atoms with E-state index in [1.165, 1.54) is 8.66 Å². The maximum atomic E-state index is 5.66. The van der Waals surface area contributed by atoms with Gasteiger partial charge in [-0.3, -0.25) is 11.3 Å². The number of rotatable bonds is 5. The average Bonchev–Trinajstić information content (AvgIpc) is 2.61. The van der Waals surface area contributed by atoms with E-state index in [1.807, 2.05) is 0 Å². The zero-order valence-electron chi connectivity index (χ0n) is 11.1. The quantitative estimate of drug-likeness (QED) is 0.637. The van der Waals surface area contributed by atoms with Crippen molar-refractivity contribution in [2.24, 2.45) is 17.2 Å². The minimum Gasteiger partial charge on any atom is -0.271 e. The van der Waals surface area contributed by atoms with Crippen LogP contribution in [0.4, 0.5) is 0 Å². The van der Waals surface area contributed by atoms with E-state index in [2.05, 4.69) is 61.2 Å². The Labute approximate surface area is 117 Å². The van der Waals surface area contributed by atoms with Crippen LogP contribution in [0.25, 0.3) is 0 Å². The number of hydrogen-bond donors (Lipinski definition) is 2. The van der Waals surface area contributed by atoms with Crippen molar-refractivity contribution in [2.75, 3.05) is 0 Å². The number of hydrogen-bond acceptors (Lipinski definition) is 3. The maximum Gasteiger partial charge on any atom is 0.0701 e. The molecule has 0 saturated heterocycles. The molecule has 1 aromatic heterocycles. The third-order valence-corrected chi connectivity index (χ3v) is 5.07. The Morgan fingerprint density at radius 3 is 2.47 bits per heavy atom. The molecular weight excluding hydrogens is 296 g/mol. The van der Waals surface area contributed by atoms with Crippen LogP contribution in [0.15, 0.2) is 15.9 Å². The highest BCUT2D eigenvalue weighted by Gasteiger charge is 2.23. The summed E-state index contributed by atoms with van der Waals surface area (Å²) in [7, 11) is 0. The first-order valence-corrected chi connectivity index (χ1v) is 7.64. The van der Waals surface area contributed by atoms with E-state index >= 15 is 0 Å². The van der Waals surface area contributed by atoms with Gasteiger partial charge in [-0.2, -0.15) is 0 Å². The van der Waals surface area contributed by atoms with Crippen LogP contribution in [0.1, 0.15) is 39.0 Å². The first kappa shape index (κ1) is 15.2. The minimum absolute atomic E-state index is 0.338. The van der Waals surface area contributed by atoms with Gasteiger partial charge in [-0.15, -0.1) is 11.3 Å². The van der Waals surface area contributed by atoms with Gasteiger partial charge in [0.15, 0.2) is 0 Å². The van der Waals surface area contributed by atoms with Crippen LogP contribution in [-0.2, 0) is 6.42 Å². The van der Waals surface area contributed by atoms with E-state index in [9.17, 15) is 0 Å². The van der Waals surface area contributed by atoms with Gasteiger partial charge in [0.25, 0.3) is 0 Å². The molecule has 0 radical (unpaired) electrons. The molecule has 17 heavy (non-hydrogen) atoms. The van der Waals surface area contributed by atoms with E-state index in [1.54, 1.807) is 11.3 Å². The Morgan fingerprint density at radius 1 is 1.41 bits per heavy atom. The molecule has 3 N–H and O–H groups in total. The Balaban J connectivity index is 2.55. The predicted octanol–water partition coefficient (Wildman–Crippen LogP) is 3.96. The lowest BCUT2D eigenvalue weighted by atomic mass is 9.78. The van der Waals surface area contributed by atoms with Crippen molar-refractivity contribution in [1.29, 1.82) is 0 Å². The smallest absolute Gasteiger partial charge is 0.0701 e. The molecule has 0 fully saturated rings. The van der Waals surface area contributed by atoms with Crippen molar-refractivity contribution in [2.45, 2.75) is 46.6 Å². The molecule has 0 saturated carbocycles. The molecule has 4 heteroatoms. The van der Waals surface area contributed by atoms with Crippen LogP contribution in [0.2, 0.25) is 0 Å². The Hall–Kier alpha value is 0.1000. The van der Waals surface area contributed by atoms with Crippen molar-refractivity contribution in [3.63, 3.8) is 0 Å². The highest BCUT2D eigenvalue weighted by Crippen LogP contribution is 2.30. The van der Waals surface area contributed by atoms with Gasteiger partial charge < -0.3 is 0 Å². The molecule has 1 rings (SSSR count). The van der Waals surface area contributed by atoms with Crippen LogP contribution < -0.4 is 11.3 Å². The molecule has 2 nitrogen and oxygen atoms in total. The monoisotopic (exact) mass is 318 g/mol. The van der Waals surface area contributed by atoms with E-state index < -0.39 is 0 Å². The Morgan fingerprint density at radius 2 is 2.06 bits per heavy atom. The summed E-state index contributed by atoms with van der Waals surface area (Å²) >= 11 is 5.28. The molecule has 0 aliphatic carbocycles. The average molecular weight is 319 g/mol. The standard InChI is InChI=1S/C13H23BrN2S/c1-9(13(2,3)4)7-10(16-15)8-11-5-6-12(14)17-11/h5-6,9-10,16H,7-8,15H2,1-4H3. The zero-order valence-corrected chi connectivity index (χ0v) is 13.5. The predicted molar refractivity (Wildman–Crippen MR) is 80.1 cm³/mol. The first-order valence-electron chi connectivity index (χ1n) is 6.03. The van der Waals surface area contributed by atoms with Crippen molar-refractivity contribution in [3.05, 3.63) is 20.8 Å². The fourth-order valence-electron chi connectivity index (χ4n) is 1.69. The number of thiophene rings is 1. The Kier molecular flexibility index (Phi) is 5.64. The summed E-state index contributed by atoms with van der Waals surface area (Å²) in [6, 6.07) is 4.62. The van der Waals surface area contributed by atoms with Gasteiger partial charge in [0, 0.05) is 10.9 Å². The number of nitrogens with two attached hydrogens (primary N) is 1. The molecule has 0 bridgehead atoms. The first-order chi connectivity index (χ1) is 7.82. The number of halogens is 1. The van der Waals surface area contributed by atoms with Gasteiger partial charge in [0.1, 0.15) is 0 Å². The second kappa shape index (κ2) is 6.32. The van der Waals surface area contributed by atoms with Crippen LogP contribution in [0.5, 0.6) is 0 Å². The van der Waals surface area contributed by atoms with Crippen LogP contribution >= 0.6 is 27.3 Å². The SMILES string of the molecule is CC(CC(Cc1ccc(Br)s1)NN)C(C)(C)C. The second-order valence-corrected chi connectivity index (χ2v) is 8.32. The topological polar surface area (TPSA) is 38.0 Å². The van der Waals surface area contributed by atoms with Crippen LogP contribution in [0.3, 0.4) is 0 Å². The lowest BCUT2D eigenvalue weighted by Gasteiger charge is -2.30. The molecular formula is C13H23BrN2S. The van der Waals surface area contributed by atoms with Gasteiger partial charge >= 0.3 is 0 Å². The summed E-state index contributed by atoms with van der Waals surface area (Å²) in [4.78, 5) is 1.38. The van der Waals surface area contributed by atoms with Crippen molar-refractivity contribution >= 4 is 27.3 Å². The van der Waals surface area contributed by atoms with Crippen molar-refractivity contribution in [3.8, 4) is 0 Å². The molecule has 0 aliphatic rings. The van der Waals surface area contributed by atoms with Gasteiger partial charge in [0.2, 0.25) is 0 Å². The molecule has 0 amide bonds.